The van der Waals surface area contributed by atoms with Gasteiger partial charge in [-0.05, 0) is 48.6 Å². The van der Waals surface area contributed by atoms with Crippen molar-refractivity contribution in [3.63, 3.8) is 0 Å². The van der Waals surface area contributed by atoms with Gasteiger partial charge in [0.25, 0.3) is 0 Å². The first-order chi connectivity index (χ1) is 11.2. The van der Waals surface area contributed by atoms with E-state index in [-0.39, 0.29) is 0 Å². The Morgan fingerprint density at radius 2 is 2.00 bits per heavy atom. The van der Waals surface area contributed by atoms with E-state index in [0.29, 0.717) is 6.04 Å². The van der Waals surface area contributed by atoms with E-state index < -0.39 is 0 Å². The third kappa shape index (κ3) is 3.20. The molecule has 1 atom stereocenters. The topological polar surface area (TPSA) is 38.5 Å². The minimum Gasteiger partial charge on any atom is -0.495 e. The number of methoxy groups -OCH3 is 1. The van der Waals surface area contributed by atoms with Gasteiger partial charge < -0.3 is 10.5 Å². The van der Waals surface area contributed by atoms with E-state index in [1.807, 2.05) is 12.1 Å². The fourth-order valence-corrected chi connectivity index (χ4v) is 3.65. The summed E-state index contributed by atoms with van der Waals surface area (Å²) in [6.45, 7) is 4.50. The number of fused-ring (bicyclic) bond motifs is 1. The van der Waals surface area contributed by atoms with Crippen LogP contribution >= 0.6 is 0 Å². The van der Waals surface area contributed by atoms with Gasteiger partial charge in [0.1, 0.15) is 5.75 Å². The van der Waals surface area contributed by atoms with Crippen LogP contribution in [0.5, 0.6) is 5.75 Å². The largest absolute Gasteiger partial charge is 0.495 e. The Morgan fingerprint density at radius 1 is 1.17 bits per heavy atom. The lowest BCUT2D eigenvalue weighted by molar-refractivity contribution is 0.184. The number of para-hydroxylation sites is 1. The van der Waals surface area contributed by atoms with Gasteiger partial charge in [-0.25, -0.2) is 0 Å². The van der Waals surface area contributed by atoms with Crippen molar-refractivity contribution in [1.82, 2.24) is 4.90 Å². The number of hydrogen-bond acceptors (Lipinski definition) is 3. The quantitative estimate of drug-likeness (QED) is 0.853. The van der Waals surface area contributed by atoms with Crippen molar-refractivity contribution in [2.45, 2.75) is 32.2 Å². The van der Waals surface area contributed by atoms with E-state index in [0.717, 1.165) is 37.4 Å². The molecule has 0 amide bonds. The predicted octanol–water partition coefficient (Wildman–Crippen LogP) is 3.83. The molecule has 0 bridgehead atoms. The zero-order valence-corrected chi connectivity index (χ0v) is 14.1. The van der Waals surface area contributed by atoms with E-state index in [4.69, 9.17) is 10.5 Å². The zero-order valence-electron chi connectivity index (χ0n) is 14.1. The monoisotopic (exact) mass is 310 g/mol. The van der Waals surface area contributed by atoms with Crippen molar-refractivity contribution in [2.75, 3.05) is 25.9 Å². The Morgan fingerprint density at radius 3 is 2.78 bits per heavy atom. The molecule has 3 nitrogen and oxygen atoms in total. The first-order valence-corrected chi connectivity index (χ1v) is 8.47. The molecule has 2 N–H and O–H groups in total. The summed E-state index contributed by atoms with van der Waals surface area (Å²) in [5, 5.41) is 0. The average molecular weight is 310 g/mol. The van der Waals surface area contributed by atoms with Gasteiger partial charge in [0.15, 0.2) is 0 Å². The fourth-order valence-electron chi connectivity index (χ4n) is 3.65. The number of nitrogen functional groups attached to an aromatic ring is 1. The zero-order chi connectivity index (χ0) is 16.2. The summed E-state index contributed by atoms with van der Waals surface area (Å²) < 4.78 is 5.38. The second-order valence-corrected chi connectivity index (χ2v) is 6.24. The van der Waals surface area contributed by atoms with Gasteiger partial charge in [-0.15, -0.1) is 0 Å². The molecule has 0 saturated heterocycles. The molecule has 0 radical (unpaired) electrons. The van der Waals surface area contributed by atoms with Crippen LogP contribution in [-0.2, 0) is 12.8 Å². The third-order valence-corrected chi connectivity index (χ3v) is 4.82. The SMILES string of the molecule is CCCN1CCc2ccccc2C1Cc1cccc(OC)c1N. The van der Waals surface area contributed by atoms with Gasteiger partial charge in [-0.1, -0.05) is 43.3 Å². The van der Waals surface area contributed by atoms with Crippen molar-refractivity contribution in [1.29, 1.82) is 0 Å². The lowest BCUT2D eigenvalue weighted by Crippen LogP contribution is -2.37. The summed E-state index contributed by atoms with van der Waals surface area (Å²) in [6.07, 6.45) is 3.24. The molecule has 0 fully saturated rings. The lowest BCUT2D eigenvalue weighted by atomic mass is 9.88. The molecule has 3 heteroatoms. The Balaban J connectivity index is 1.95. The van der Waals surface area contributed by atoms with Crippen molar-refractivity contribution < 1.29 is 4.74 Å². The third-order valence-electron chi connectivity index (χ3n) is 4.82. The Hall–Kier alpha value is -2.00. The lowest BCUT2D eigenvalue weighted by Gasteiger charge is -2.37. The van der Waals surface area contributed by atoms with E-state index in [9.17, 15) is 0 Å². The van der Waals surface area contributed by atoms with E-state index in [1.165, 1.54) is 23.1 Å². The minimum atomic E-state index is 0.398. The molecule has 0 aromatic heterocycles. The molecule has 2 aromatic carbocycles. The van der Waals surface area contributed by atoms with Gasteiger partial charge >= 0.3 is 0 Å². The number of rotatable bonds is 5. The minimum absolute atomic E-state index is 0.398. The molecule has 1 aliphatic rings. The molecular weight excluding hydrogens is 284 g/mol. The molecular formula is C20H26N2O. The van der Waals surface area contributed by atoms with Gasteiger partial charge in [0.05, 0.1) is 12.8 Å². The highest BCUT2D eigenvalue weighted by Gasteiger charge is 2.27. The van der Waals surface area contributed by atoms with Crippen LogP contribution in [0.3, 0.4) is 0 Å². The summed E-state index contributed by atoms with van der Waals surface area (Å²) in [5.41, 5.74) is 11.2. The number of nitrogens with two attached hydrogens (primary N) is 1. The molecule has 1 unspecified atom stereocenters. The molecule has 122 valence electrons. The van der Waals surface area contributed by atoms with Crippen molar-refractivity contribution >= 4 is 5.69 Å². The first-order valence-electron chi connectivity index (χ1n) is 8.47. The van der Waals surface area contributed by atoms with Gasteiger partial charge in [-0.2, -0.15) is 0 Å². The van der Waals surface area contributed by atoms with Crippen molar-refractivity contribution in [3.8, 4) is 5.75 Å². The summed E-state index contributed by atoms with van der Waals surface area (Å²) >= 11 is 0. The highest BCUT2D eigenvalue weighted by molar-refractivity contribution is 5.59. The van der Waals surface area contributed by atoms with Crippen LogP contribution in [0.2, 0.25) is 0 Å². The van der Waals surface area contributed by atoms with Crippen molar-refractivity contribution in [2.24, 2.45) is 0 Å². The Kier molecular flexibility index (Phi) is 4.87. The molecule has 2 aromatic rings. The van der Waals surface area contributed by atoms with Crippen LogP contribution in [0.15, 0.2) is 42.5 Å². The first kappa shape index (κ1) is 15.9. The number of nitrogens with zero attached hydrogens (tertiary/aromatic N) is 1. The van der Waals surface area contributed by atoms with Gasteiger partial charge in [0.2, 0.25) is 0 Å². The molecule has 1 aliphatic heterocycles. The van der Waals surface area contributed by atoms with E-state index in [2.05, 4.69) is 42.2 Å². The summed E-state index contributed by atoms with van der Waals surface area (Å²) in [7, 11) is 1.68. The van der Waals surface area contributed by atoms with Crippen LogP contribution in [0.4, 0.5) is 5.69 Å². The molecule has 1 heterocycles. The van der Waals surface area contributed by atoms with Crippen molar-refractivity contribution in [3.05, 3.63) is 59.2 Å². The molecule has 0 spiro atoms. The molecule has 0 aliphatic carbocycles. The highest BCUT2D eigenvalue weighted by Crippen LogP contribution is 2.35. The normalized spacial score (nSPS) is 17.7. The highest BCUT2D eigenvalue weighted by atomic mass is 16.5. The van der Waals surface area contributed by atoms with Crippen LogP contribution in [-0.4, -0.2) is 25.1 Å². The smallest absolute Gasteiger partial charge is 0.142 e. The average Bonchev–Trinajstić information content (AvgIpc) is 2.58. The number of benzene rings is 2. The molecule has 23 heavy (non-hydrogen) atoms. The predicted molar refractivity (Wildman–Crippen MR) is 95.9 cm³/mol. The van der Waals surface area contributed by atoms with Crippen LogP contribution in [0, 0.1) is 0 Å². The standard InChI is InChI=1S/C20H26N2O/c1-3-12-22-13-11-15-7-4-5-9-17(15)18(22)14-16-8-6-10-19(23-2)20(16)21/h4-10,18H,3,11-14,21H2,1-2H3. The Labute approximate surface area is 139 Å². The number of ether oxygens (including phenoxy) is 1. The van der Waals surface area contributed by atoms with Gasteiger partial charge in [0, 0.05) is 12.6 Å². The summed E-state index contributed by atoms with van der Waals surface area (Å²) in [4.78, 5) is 2.60. The maximum atomic E-state index is 6.31. The Bertz CT molecular complexity index is 668. The van der Waals surface area contributed by atoms with E-state index in [1.54, 1.807) is 7.11 Å². The summed E-state index contributed by atoms with van der Waals surface area (Å²) in [5.74, 6) is 0.772. The molecule has 3 rings (SSSR count). The fraction of sp³-hybridized carbons (Fsp3) is 0.400. The number of anilines is 1. The second-order valence-electron chi connectivity index (χ2n) is 6.24. The maximum absolute atomic E-state index is 6.31. The molecule has 0 saturated carbocycles. The number of hydrogen-bond donors (Lipinski definition) is 1. The van der Waals surface area contributed by atoms with Crippen LogP contribution < -0.4 is 10.5 Å². The van der Waals surface area contributed by atoms with Crippen LogP contribution in [0.1, 0.15) is 36.1 Å². The maximum Gasteiger partial charge on any atom is 0.142 e. The van der Waals surface area contributed by atoms with Crippen LogP contribution in [0.25, 0.3) is 0 Å². The van der Waals surface area contributed by atoms with E-state index >= 15 is 0 Å². The van der Waals surface area contributed by atoms with Gasteiger partial charge in [-0.3, -0.25) is 4.90 Å². The second kappa shape index (κ2) is 7.05. The summed E-state index contributed by atoms with van der Waals surface area (Å²) in [6, 6.07) is 15.3.